The number of unbranched alkanes of at least 4 members (excludes halogenated alkanes) is 1. The molecule has 1 heterocycles. The lowest BCUT2D eigenvalue weighted by Crippen LogP contribution is -2.28. The van der Waals surface area contributed by atoms with E-state index in [1.165, 1.54) is 28.6 Å². The number of sulfonamides is 1. The molecule has 0 aromatic heterocycles. The minimum Gasteiger partial charge on any atom is -0.454 e. The van der Waals surface area contributed by atoms with Gasteiger partial charge >= 0.3 is 0 Å². The molecule has 1 aliphatic heterocycles. The van der Waals surface area contributed by atoms with Crippen molar-refractivity contribution in [2.45, 2.75) is 24.7 Å². The first-order valence-corrected chi connectivity index (χ1v) is 10.1. The Balaban J connectivity index is 1.70. The first-order chi connectivity index (χ1) is 12.9. The second kappa shape index (κ2) is 7.98. The molecule has 1 N–H and O–H groups in total. The largest absolute Gasteiger partial charge is 0.454 e. The van der Waals surface area contributed by atoms with Gasteiger partial charge in [0.15, 0.2) is 11.5 Å². The van der Waals surface area contributed by atoms with Crippen molar-refractivity contribution in [2.75, 3.05) is 25.7 Å². The zero-order valence-corrected chi connectivity index (χ0v) is 16.1. The zero-order chi connectivity index (χ0) is 19.4. The van der Waals surface area contributed by atoms with Crippen molar-refractivity contribution >= 4 is 21.6 Å². The monoisotopic (exact) mass is 390 g/mol. The predicted molar refractivity (Wildman–Crippen MR) is 102 cm³/mol. The van der Waals surface area contributed by atoms with Gasteiger partial charge in [-0.05, 0) is 42.8 Å². The summed E-state index contributed by atoms with van der Waals surface area (Å²) in [6, 6.07) is 11.0. The van der Waals surface area contributed by atoms with E-state index in [9.17, 15) is 13.2 Å². The van der Waals surface area contributed by atoms with E-state index in [1.54, 1.807) is 25.2 Å². The molecule has 7 nitrogen and oxygen atoms in total. The Labute approximate surface area is 158 Å². The zero-order valence-electron chi connectivity index (χ0n) is 15.3. The summed E-state index contributed by atoms with van der Waals surface area (Å²) >= 11 is 0. The molecule has 2 aromatic carbocycles. The van der Waals surface area contributed by atoms with Gasteiger partial charge in [-0.1, -0.05) is 13.3 Å². The number of carbonyl (C=O) groups is 1. The first-order valence-electron chi connectivity index (χ1n) is 8.69. The number of benzene rings is 2. The quantitative estimate of drug-likeness (QED) is 0.785. The van der Waals surface area contributed by atoms with Crippen LogP contribution in [0.4, 0.5) is 5.69 Å². The third-order valence-electron chi connectivity index (χ3n) is 4.28. The van der Waals surface area contributed by atoms with E-state index in [4.69, 9.17) is 9.47 Å². The third kappa shape index (κ3) is 4.23. The molecule has 1 aliphatic rings. The van der Waals surface area contributed by atoms with Gasteiger partial charge in [-0.25, -0.2) is 12.7 Å². The normalized spacial score (nSPS) is 13.0. The van der Waals surface area contributed by atoms with Gasteiger partial charge in [-0.3, -0.25) is 4.79 Å². The number of hydrogen-bond donors (Lipinski definition) is 1. The van der Waals surface area contributed by atoms with E-state index in [0.717, 1.165) is 12.8 Å². The van der Waals surface area contributed by atoms with Crippen LogP contribution in [0.15, 0.2) is 47.4 Å². The number of nitrogens with zero attached hydrogens (tertiary/aromatic N) is 1. The van der Waals surface area contributed by atoms with Crippen molar-refractivity contribution in [1.82, 2.24) is 4.31 Å². The van der Waals surface area contributed by atoms with E-state index >= 15 is 0 Å². The average molecular weight is 390 g/mol. The second-order valence-electron chi connectivity index (χ2n) is 6.23. The number of anilines is 1. The van der Waals surface area contributed by atoms with E-state index in [-0.39, 0.29) is 17.6 Å². The Hall–Kier alpha value is -2.58. The van der Waals surface area contributed by atoms with Crippen LogP contribution in [0.1, 0.15) is 30.1 Å². The van der Waals surface area contributed by atoms with Crippen LogP contribution >= 0.6 is 0 Å². The molecule has 3 rings (SSSR count). The number of hydrogen-bond acceptors (Lipinski definition) is 5. The Kier molecular flexibility index (Phi) is 5.67. The lowest BCUT2D eigenvalue weighted by atomic mass is 10.2. The fraction of sp³-hybridized carbons (Fsp3) is 0.316. The van der Waals surface area contributed by atoms with Gasteiger partial charge in [-0.15, -0.1) is 0 Å². The highest BCUT2D eigenvalue weighted by molar-refractivity contribution is 7.89. The number of nitrogens with one attached hydrogen (secondary N) is 1. The number of ether oxygens (including phenoxy) is 2. The van der Waals surface area contributed by atoms with Crippen LogP contribution in [0.25, 0.3) is 0 Å². The molecule has 0 saturated heterocycles. The van der Waals surface area contributed by atoms with Gasteiger partial charge in [0, 0.05) is 30.9 Å². The van der Waals surface area contributed by atoms with E-state index in [1.807, 2.05) is 6.92 Å². The fourth-order valence-corrected chi connectivity index (χ4v) is 3.85. The molecule has 27 heavy (non-hydrogen) atoms. The molecule has 8 heteroatoms. The summed E-state index contributed by atoms with van der Waals surface area (Å²) in [4.78, 5) is 12.6. The SMILES string of the molecule is CCCCN(C)S(=O)(=O)c1ccc(C(=O)Nc2ccc3c(c2)OCO3)cc1. The van der Waals surface area contributed by atoms with E-state index in [0.29, 0.717) is 29.3 Å². The van der Waals surface area contributed by atoms with Crippen molar-refractivity contribution in [3.63, 3.8) is 0 Å². The standard InChI is InChI=1S/C19H22N2O5S/c1-3-4-11-21(2)27(23,24)16-8-5-14(6-9-16)19(22)20-15-7-10-17-18(12-15)26-13-25-17/h5-10,12H,3-4,11,13H2,1-2H3,(H,20,22). The predicted octanol–water partition coefficient (Wildman–Crippen LogP) is 3.09. The minimum absolute atomic E-state index is 0.162. The molecule has 0 aliphatic carbocycles. The smallest absolute Gasteiger partial charge is 0.255 e. The van der Waals surface area contributed by atoms with Gasteiger partial charge in [0.25, 0.3) is 5.91 Å². The number of fused-ring (bicyclic) bond motifs is 1. The van der Waals surface area contributed by atoms with Crippen molar-refractivity contribution in [1.29, 1.82) is 0 Å². The molecule has 0 radical (unpaired) electrons. The highest BCUT2D eigenvalue weighted by Gasteiger charge is 2.21. The van der Waals surface area contributed by atoms with Crippen molar-refractivity contribution in [3.8, 4) is 11.5 Å². The molecule has 1 amide bonds. The van der Waals surface area contributed by atoms with Crippen LogP contribution in [0.5, 0.6) is 11.5 Å². The van der Waals surface area contributed by atoms with Crippen LogP contribution < -0.4 is 14.8 Å². The average Bonchev–Trinajstić information content (AvgIpc) is 3.13. The Bertz CT molecular complexity index is 926. The van der Waals surface area contributed by atoms with Crippen molar-refractivity contribution < 1.29 is 22.7 Å². The van der Waals surface area contributed by atoms with Gasteiger partial charge in [-0.2, -0.15) is 0 Å². The number of rotatable bonds is 7. The van der Waals surface area contributed by atoms with Crippen LogP contribution in [-0.2, 0) is 10.0 Å². The maximum Gasteiger partial charge on any atom is 0.255 e. The maximum atomic E-state index is 12.5. The molecule has 0 fully saturated rings. The second-order valence-corrected chi connectivity index (χ2v) is 8.27. The Morgan fingerprint density at radius 3 is 2.52 bits per heavy atom. The molecule has 0 atom stereocenters. The first kappa shape index (κ1) is 19.2. The molecular formula is C19H22N2O5S. The Morgan fingerprint density at radius 2 is 1.81 bits per heavy atom. The van der Waals surface area contributed by atoms with Crippen LogP contribution in [-0.4, -0.2) is 39.0 Å². The summed E-state index contributed by atoms with van der Waals surface area (Å²) in [5.74, 6) is 0.872. The summed E-state index contributed by atoms with van der Waals surface area (Å²) < 4.78 is 36.9. The number of amides is 1. The maximum absolute atomic E-state index is 12.5. The summed E-state index contributed by atoms with van der Waals surface area (Å²) in [5, 5.41) is 2.76. The molecule has 0 bridgehead atoms. The van der Waals surface area contributed by atoms with Crippen molar-refractivity contribution in [2.24, 2.45) is 0 Å². The fourth-order valence-electron chi connectivity index (χ4n) is 2.64. The minimum atomic E-state index is -3.55. The summed E-state index contributed by atoms with van der Waals surface area (Å²) in [6.45, 7) is 2.63. The highest BCUT2D eigenvalue weighted by Crippen LogP contribution is 2.34. The summed E-state index contributed by atoms with van der Waals surface area (Å²) in [7, 11) is -1.99. The van der Waals surface area contributed by atoms with Gasteiger partial charge in [0.1, 0.15) is 0 Å². The topological polar surface area (TPSA) is 84.9 Å². The van der Waals surface area contributed by atoms with E-state index < -0.39 is 10.0 Å². The molecule has 2 aromatic rings. The lowest BCUT2D eigenvalue weighted by molar-refractivity contribution is 0.102. The van der Waals surface area contributed by atoms with E-state index in [2.05, 4.69) is 5.32 Å². The van der Waals surface area contributed by atoms with Crippen LogP contribution in [0.2, 0.25) is 0 Å². The van der Waals surface area contributed by atoms with Gasteiger partial charge in [0.2, 0.25) is 16.8 Å². The molecule has 0 unspecified atom stereocenters. The molecule has 0 spiro atoms. The molecule has 0 saturated carbocycles. The third-order valence-corrected chi connectivity index (χ3v) is 6.15. The highest BCUT2D eigenvalue weighted by atomic mass is 32.2. The number of carbonyl (C=O) groups excluding carboxylic acids is 1. The van der Waals surface area contributed by atoms with Gasteiger partial charge < -0.3 is 14.8 Å². The summed E-state index contributed by atoms with van der Waals surface area (Å²) in [6.07, 6.45) is 1.71. The summed E-state index contributed by atoms with van der Waals surface area (Å²) in [5.41, 5.74) is 0.933. The van der Waals surface area contributed by atoms with Crippen LogP contribution in [0, 0.1) is 0 Å². The van der Waals surface area contributed by atoms with Crippen LogP contribution in [0.3, 0.4) is 0 Å². The van der Waals surface area contributed by atoms with Gasteiger partial charge in [0.05, 0.1) is 4.90 Å². The lowest BCUT2D eigenvalue weighted by Gasteiger charge is -2.17. The van der Waals surface area contributed by atoms with Crippen molar-refractivity contribution in [3.05, 3.63) is 48.0 Å². The molecular weight excluding hydrogens is 368 g/mol. The molecule has 144 valence electrons. The Morgan fingerprint density at radius 1 is 1.11 bits per heavy atom.